The molecule has 0 radical (unpaired) electrons. The molecule has 2 atom stereocenters. The van der Waals surface area contributed by atoms with Crippen LogP contribution in [-0.2, 0) is 14.4 Å². The van der Waals surface area contributed by atoms with E-state index in [0.717, 1.165) is 18.4 Å². The number of carbonyl (C=O) groups is 3. The fourth-order valence-corrected chi connectivity index (χ4v) is 3.57. The van der Waals surface area contributed by atoms with Crippen molar-refractivity contribution < 1.29 is 18.7 Å². The van der Waals surface area contributed by atoms with Crippen LogP contribution in [0.5, 0.6) is 0 Å². The summed E-state index contributed by atoms with van der Waals surface area (Å²) in [7, 11) is 0. The number of aryl methyl sites for hydroxylation is 1. The monoisotopic (exact) mass is 460 g/mol. The molecule has 184 valence electrons. The molecular weight excluding hydrogens is 420 g/mol. The summed E-state index contributed by atoms with van der Waals surface area (Å²) in [5, 5.41) is 28.6. The number of amides is 3. The lowest BCUT2D eigenvalue weighted by molar-refractivity contribution is -0.129. The Hall–Kier alpha value is -3.41. The van der Waals surface area contributed by atoms with Gasteiger partial charge < -0.3 is 21.3 Å². The minimum atomic E-state index is -0.881. The van der Waals surface area contributed by atoms with E-state index in [1.165, 1.54) is 0 Å². The molecule has 0 aliphatic carbocycles. The third-order valence-corrected chi connectivity index (χ3v) is 5.43. The van der Waals surface area contributed by atoms with E-state index in [4.69, 9.17) is 10.7 Å². The van der Waals surface area contributed by atoms with E-state index in [2.05, 4.69) is 27.3 Å². The lowest BCUT2D eigenvalue weighted by Gasteiger charge is -2.31. The zero-order chi connectivity index (χ0) is 24.6. The van der Waals surface area contributed by atoms with Crippen LogP contribution < -0.4 is 21.3 Å². The minimum absolute atomic E-state index is 0. The summed E-state index contributed by atoms with van der Waals surface area (Å²) in [6.45, 7) is 8.40. The second-order valence-corrected chi connectivity index (χ2v) is 9.45. The molecule has 9 nitrogen and oxygen atoms in total. The van der Waals surface area contributed by atoms with Gasteiger partial charge in [0, 0.05) is 41.5 Å². The molecule has 9 heteroatoms. The highest BCUT2D eigenvalue weighted by molar-refractivity contribution is 6.45. The van der Waals surface area contributed by atoms with Crippen molar-refractivity contribution in [3.8, 4) is 6.07 Å². The zero-order valence-corrected chi connectivity index (χ0v) is 19.8. The van der Waals surface area contributed by atoms with Gasteiger partial charge in [-0.25, -0.2) is 0 Å². The average molecular weight is 461 g/mol. The van der Waals surface area contributed by atoms with Crippen molar-refractivity contribution in [3.05, 3.63) is 29.3 Å². The van der Waals surface area contributed by atoms with Crippen LogP contribution >= 0.6 is 0 Å². The third-order valence-electron chi connectivity index (χ3n) is 5.43. The van der Waals surface area contributed by atoms with E-state index in [-0.39, 0.29) is 34.3 Å². The van der Waals surface area contributed by atoms with Crippen LogP contribution in [0.2, 0.25) is 0 Å². The maximum atomic E-state index is 13.0. The van der Waals surface area contributed by atoms with Gasteiger partial charge in [0.1, 0.15) is 11.8 Å². The van der Waals surface area contributed by atoms with Gasteiger partial charge in [0.2, 0.25) is 11.8 Å². The highest BCUT2D eigenvalue weighted by atomic mass is 16.2. The highest BCUT2D eigenvalue weighted by Crippen LogP contribution is 2.22. The summed E-state index contributed by atoms with van der Waals surface area (Å²) < 4.78 is 0. The van der Waals surface area contributed by atoms with Gasteiger partial charge in [0.05, 0.1) is 12.1 Å². The maximum Gasteiger partial charge on any atom is 0.270 e. The van der Waals surface area contributed by atoms with Crippen molar-refractivity contribution in [3.63, 3.8) is 0 Å². The predicted octanol–water partition coefficient (Wildman–Crippen LogP) is 2.74. The first-order chi connectivity index (χ1) is 15.5. The van der Waals surface area contributed by atoms with E-state index < -0.39 is 17.4 Å². The lowest BCUT2D eigenvalue weighted by atomic mass is 9.85. The number of rotatable bonds is 10. The molecule has 0 bridgehead atoms. The van der Waals surface area contributed by atoms with Crippen molar-refractivity contribution in [1.82, 2.24) is 16.0 Å². The Balaban J connectivity index is 0. The summed E-state index contributed by atoms with van der Waals surface area (Å²) in [5.41, 5.74) is 1.24. The normalized spacial score (nSPS) is 16.3. The number of nitrogens with one attached hydrogen (secondary N) is 5. The summed E-state index contributed by atoms with van der Waals surface area (Å²) in [4.78, 5) is 37.3. The molecule has 3 amide bonds. The first-order valence-electron chi connectivity index (χ1n) is 11.2. The Morgan fingerprint density at radius 1 is 1.33 bits per heavy atom. The lowest BCUT2D eigenvalue weighted by Crippen LogP contribution is -2.56. The van der Waals surface area contributed by atoms with Gasteiger partial charge >= 0.3 is 0 Å². The topological polar surface area (TPSA) is 147 Å². The average Bonchev–Trinajstić information content (AvgIpc) is 3.14. The molecule has 2 rings (SSSR count). The summed E-state index contributed by atoms with van der Waals surface area (Å²) in [6.07, 6.45) is 2.26. The van der Waals surface area contributed by atoms with E-state index in [1.807, 2.05) is 39.8 Å². The largest absolute Gasteiger partial charge is 0.384 e. The van der Waals surface area contributed by atoms with Crippen LogP contribution in [0.15, 0.2) is 18.2 Å². The number of anilines is 1. The van der Waals surface area contributed by atoms with Gasteiger partial charge in [0.25, 0.3) is 5.91 Å². The molecule has 33 heavy (non-hydrogen) atoms. The summed E-state index contributed by atoms with van der Waals surface area (Å²) in [5.74, 6) is -1.16. The first kappa shape index (κ1) is 25.8. The van der Waals surface area contributed by atoms with Gasteiger partial charge in [-0.3, -0.25) is 19.8 Å². The molecule has 0 aromatic heterocycles. The van der Waals surface area contributed by atoms with Crippen molar-refractivity contribution in [1.29, 1.82) is 10.7 Å². The second-order valence-electron chi connectivity index (χ2n) is 9.45. The molecule has 1 heterocycles. The Labute approximate surface area is 199 Å². The van der Waals surface area contributed by atoms with E-state index >= 15 is 0 Å². The molecule has 1 aliphatic rings. The Morgan fingerprint density at radius 2 is 2.06 bits per heavy atom. The van der Waals surface area contributed by atoms with Crippen LogP contribution in [0.3, 0.4) is 0 Å². The molecule has 1 saturated heterocycles. The Morgan fingerprint density at radius 3 is 2.67 bits per heavy atom. The first-order valence-corrected chi connectivity index (χ1v) is 11.2. The molecule has 0 unspecified atom stereocenters. The van der Waals surface area contributed by atoms with E-state index in [0.29, 0.717) is 30.8 Å². The Bertz CT molecular complexity index is 959. The molecule has 0 spiro atoms. The third kappa shape index (κ3) is 7.59. The minimum Gasteiger partial charge on any atom is -0.384 e. The van der Waals surface area contributed by atoms with Gasteiger partial charge in [-0.2, -0.15) is 5.26 Å². The van der Waals surface area contributed by atoms with E-state index in [1.54, 1.807) is 6.07 Å². The van der Waals surface area contributed by atoms with Gasteiger partial charge in [-0.15, -0.1) is 0 Å². The Kier molecular flexibility index (Phi) is 8.97. The number of nitriles is 1. The summed E-state index contributed by atoms with van der Waals surface area (Å²) >= 11 is 0. The quantitative estimate of drug-likeness (QED) is 0.269. The molecule has 1 aliphatic heterocycles. The number of benzene rings is 1. The summed E-state index contributed by atoms with van der Waals surface area (Å²) in [6, 6.07) is 6.34. The highest BCUT2D eigenvalue weighted by Gasteiger charge is 2.36. The van der Waals surface area contributed by atoms with Gasteiger partial charge in [-0.05, 0) is 36.8 Å². The molecule has 1 aromatic rings. The zero-order valence-electron chi connectivity index (χ0n) is 19.8. The SMILES string of the molecule is Cc1ccc(C(=N)C(=O)N[C@H](C(=O)N[C@H]2CNC(=O)C2)C(C)(C)C)c(NCCCCC#N)c1.[HH].[HH].[HH]. The van der Waals surface area contributed by atoms with Crippen molar-refractivity contribution >= 4 is 29.1 Å². The molecule has 0 saturated carbocycles. The number of unbranched alkanes of at least 4 members (excludes halogenated alkanes) is 2. The number of hydrogen-bond donors (Lipinski definition) is 5. The predicted molar refractivity (Wildman–Crippen MR) is 133 cm³/mol. The fourth-order valence-electron chi connectivity index (χ4n) is 3.57. The van der Waals surface area contributed by atoms with Crippen LogP contribution in [-0.4, -0.2) is 48.6 Å². The molecule has 1 fully saturated rings. The molecule has 5 N–H and O–H groups in total. The smallest absolute Gasteiger partial charge is 0.270 e. The second kappa shape index (κ2) is 11.5. The number of nitrogens with zero attached hydrogens (tertiary/aromatic N) is 1. The van der Waals surface area contributed by atoms with Crippen LogP contribution in [0.25, 0.3) is 0 Å². The van der Waals surface area contributed by atoms with Crippen molar-refractivity contribution in [2.75, 3.05) is 18.4 Å². The molecular formula is C24H40N6O3. The standard InChI is InChI=1S/C24H34N6O3.3H2/c1-15-8-9-17(18(12-15)27-11-7-5-6-10-25)20(26)22(32)30-21(24(2,3)4)23(33)29-16-13-19(31)28-14-16;;;/h8-9,12,16,21,26-27H,5-7,11,13-14H2,1-4H3,(H,28,31)(H,29,33)(H,30,32);3*1H/t16-,21-;;;/m1.../s1. The van der Waals surface area contributed by atoms with Crippen LogP contribution in [0.4, 0.5) is 5.69 Å². The number of carbonyl (C=O) groups excluding carboxylic acids is 3. The van der Waals surface area contributed by atoms with E-state index in [9.17, 15) is 14.4 Å². The van der Waals surface area contributed by atoms with Crippen LogP contribution in [0, 0.1) is 29.1 Å². The van der Waals surface area contributed by atoms with Crippen molar-refractivity contribution in [2.45, 2.75) is 65.5 Å². The van der Waals surface area contributed by atoms with Crippen LogP contribution in [0.1, 0.15) is 61.9 Å². The van der Waals surface area contributed by atoms with Gasteiger partial charge in [0.15, 0.2) is 0 Å². The maximum absolute atomic E-state index is 13.0. The van der Waals surface area contributed by atoms with Crippen molar-refractivity contribution in [2.24, 2.45) is 5.41 Å². The molecule has 1 aromatic carbocycles. The fraction of sp³-hybridized carbons (Fsp3) is 0.542. The van der Waals surface area contributed by atoms with Gasteiger partial charge in [-0.1, -0.05) is 32.9 Å². The number of hydrogen-bond acceptors (Lipinski definition) is 6.